The summed E-state index contributed by atoms with van der Waals surface area (Å²) in [6.07, 6.45) is 0.458. The van der Waals surface area contributed by atoms with Gasteiger partial charge in [-0.25, -0.2) is 18.5 Å². The molecule has 4 rings (SSSR count). The lowest BCUT2D eigenvalue weighted by atomic mass is 10.0. The highest BCUT2D eigenvalue weighted by molar-refractivity contribution is 7.89. The van der Waals surface area contributed by atoms with Crippen LogP contribution in [0.25, 0.3) is 11.4 Å². The van der Waals surface area contributed by atoms with Crippen molar-refractivity contribution in [3.63, 3.8) is 0 Å². The summed E-state index contributed by atoms with van der Waals surface area (Å²) in [7, 11) is -3.82. The maximum atomic E-state index is 12.8. The first-order valence-corrected chi connectivity index (χ1v) is 10.5. The first-order valence-electron chi connectivity index (χ1n) is 8.92. The van der Waals surface area contributed by atoms with Gasteiger partial charge < -0.3 is 9.88 Å². The third kappa shape index (κ3) is 3.82. The number of aromatic amines is 1. The number of hydrogen-bond donors (Lipinski definition) is 2. The Morgan fingerprint density at radius 3 is 2.41 bits per heavy atom. The van der Waals surface area contributed by atoms with Gasteiger partial charge in [0.05, 0.1) is 22.7 Å². The van der Waals surface area contributed by atoms with Crippen LogP contribution in [0.3, 0.4) is 0 Å². The number of rotatable bonds is 3. The molecule has 8 nitrogen and oxygen atoms in total. The minimum absolute atomic E-state index is 0.0628. The number of fused-ring (bicyclic) bond motifs is 1. The number of amides is 1. The maximum Gasteiger partial charge on any atom is 0.256 e. The highest BCUT2D eigenvalue weighted by Gasteiger charge is 2.25. The fourth-order valence-corrected chi connectivity index (χ4v) is 3.82. The van der Waals surface area contributed by atoms with Crippen molar-refractivity contribution in [1.82, 2.24) is 14.9 Å². The molecule has 3 aromatic rings. The van der Waals surface area contributed by atoms with Crippen LogP contribution in [0.1, 0.15) is 21.6 Å². The summed E-state index contributed by atoms with van der Waals surface area (Å²) in [5.41, 5.74) is 2.02. The zero-order chi connectivity index (χ0) is 20.6. The molecule has 1 aliphatic rings. The molecule has 29 heavy (non-hydrogen) atoms. The third-order valence-corrected chi connectivity index (χ3v) is 5.76. The van der Waals surface area contributed by atoms with Crippen LogP contribution in [0.15, 0.2) is 64.3 Å². The maximum absolute atomic E-state index is 12.8. The molecule has 0 saturated heterocycles. The number of nitrogens with zero attached hydrogens (tertiary/aromatic N) is 2. The van der Waals surface area contributed by atoms with Crippen molar-refractivity contribution < 1.29 is 13.2 Å². The molecule has 0 unspecified atom stereocenters. The number of nitrogens with one attached hydrogen (secondary N) is 1. The lowest BCUT2D eigenvalue weighted by Crippen LogP contribution is -2.39. The Bertz CT molecular complexity index is 1240. The van der Waals surface area contributed by atoms with Crippen LogP contribution in [-0.2, 0) is 23.0 Å². The van der Waals surface area contributed by atoms with Crippen molar-refractivity contribution in [3.05, 3.63) is 81.8 Å². The van der Waals surface area contributed by atoms with E-state index in [-0.39, 0.29) is 22.9 Å². The molecule has 2 aromatic carbocycles. The number of hydrogen-bond acceptors (Lipinski definition) is 5. The Kier molecular flexibility index (Phi) is 4.77. The average molecular weight is 410 g/mol. The van der Waals surface area contributed by atoms with Crippen molar-refractivity contribution in [1.29, 1.82) is 0 Å². The number of primary sulfonamides is 1. The molecule has 3 N–H and O–H groups in total. The minimum Gasteiger partial charge on any atom is -0.334 e. The van der Waals surface area contributed by atoms with E-state index in [1.54, 1.807) is 4.90 Å². The molecule has 9 heteroatoms. The largest absolute Gasteiger partial charge is 0.334 e. The molecule has 148 valence electrons. The summed E-state index contributed by atoms with van der Waals surface area (Å²) in [5.74, 6) is 0.218. The highest BCUT2D eigenvalue weighted by Crippen LogP contribution is 2.20. The van der Waals surface area contributed by atoms with Gasteiger partial charge in [0.25, 0.3) is 11.5 Å². The quantitative estimate of drug-likeness (QED) is 0.673. The molecular weight excluding hydrogens is 392 g/mol. The summed E-state index contributed by atoms with van der Waals surface area (Å²) >= 11 is 0. The molecule has 0 aliphatic carbocycles. The number of carbonyl (C=O) groups is 1. The topological polar surface area (TPSA) is 126 Å². The van der Waals surface area contributed by atoms with Gasteiger partial charge in [0.2, 0.25) is 10.0 Å². The molecule has 1 aliphatic heterocycles. The molecular formula is C20H18N4O4S. The Balaban J connectivity index is 1.59. The molecule has 2 heterocycles. The van der Waals surface area contributed by atoms with Crippen molar-refractivity contribution in [2.24, 2.45) is 5.14 Å². The van der Waals surface area contributed by atoms with Crippen LogP contribution in [0.2, 0.25) is 0 Å². The number of benzene rings is 2. The van der Waals surface area contributed by atoms with Crippen molar-refractivity contribution in [2.75, 3.05) is 6.54 Å². The second-order valence-corrected chi connectivity index (χ2v) is 8.31. The first kappa shape index (κ1) is 19.0. The fourth-order valence-electron chi connectivity index (χ4n) is 3.30. The Morgan fingerprint density at radius 2 is 1.76 bits per heavy atom. The molecule has 0 atom stereocenters. The summed E-state index contributed by atoms with van der Waals surface area (Å²) in [5, 5.41) is 5.08. The van der Waals surface area contributed by atoms with Crippen molar-refractivity contribution in [3.8, 4) is 11.4 Å². The van der Waals surface area contributed by atoms with Crippen LogP contribution in [0.4, 0.5) is 0 Å². The lowest BCUT2D eigenvalue weighted by molar-refractivity contribution is 0.0732. The van der Waals surface area contributed by atoms with Gasteiger partial charge in [-0.3, -0.25) is 9.59 Å². The average Bonchev–Trinajstić information content (AvgIpc) is 2.73. The van der Waals surface area contributed by atoms with E-state index in [1.807, 2.05) is 30.3 Å². The fraction of sp³-hybridized carbons (Fsp3) is 0.150. The second kappa shape index (κ2) is 7.26. The molecule has 1 amide bonds. The van der Waals surface area contributed by atoms with Crippen LogP contribution < -0.4 is 10.7 Å². The Morgan fingerprint density at radius 1 is 1.07 bits per heavy atom. The summed E-state index contributed by atoms with van der Waals surface area (Å²) in [6.45, 7) is 0.552. The van der Waals surface area contributed by atoms with E-state index >= 15 is 0 Å². The van der Waals surface area contributed by atoms with Gasteiger partial charge in [-0.2, -0.15) is 0 Å². The number of sulfonamides is 1. The van der Waals surface area contributed by atoms with Gasteiger partial charge in [-0.15, -0.1) is 0 Å². The van der Waals surface area contributed by atoms with Gasteiger partial charge >= 0.3 is 0 Å². The van der Waals surface area contributed by atoms with Crippen LogP contribution in [0, 0.1) is 0 Å². The van der Waals surface area contributed by atoms with Gasteiger partial charge in [0.1, 0.15) is 5.82 Å². The Labute approximate surface area is 167 Å². The monoisotopic (exact) mass is 410 g/mol. The zero-order valence-corrected chi connectivity index (χ0v) is 16.1. The number of carbonyl (C=O) groups excluding carboxylic acids is 1. The van der Waals surface area contributed by atoms with E-state index < -0.39 is 10.0 Å². The minimum atomic E-state index is -3.82. The molecule has 0 fully saturated rings. The second-order valence-electron chi connectivity index (χ2n) is 6.75. The Hall–Kier alpha value is -3.30. The number of H-pyrrole nitrogens is 1. The predicted molar refractivity (Wildman–Crippen MR) is 107 cm³/mol. The number of aromatic nitrogens is 2. The SMILES string of the molecule is NS(=O)(=O)c1ccc(C(=O)N2CCc3nc(-c4ccccc4)[nH]c(=O)c3C2)cc1. The molecule has 0 radical (unpaired) electrons. The first-order chi connectivity index (χ1) is 13.8. The van der Waals surface area contributed by atoms with Gasteiger partial charge in [0, 0.05) is 24.1 Å². The van der Waals surface area contributed by atoms with Crippen molar-refractivity contribution in [2.45, 2.75) is 17.9 Å². The van der Waals surface area contributed by atoms with E-state index in [0.717, 1.165) is 5.56 Å². The summed E-state index contributed by atoms with van der Waals surface area (Å²) in [4.78, 5) is 34.2. The summed E-state index contributed by atoms with van der Waals surface area (Å²) < 4.78 is 22.7. The highest BCUT2D eigenvalue weighted by atomic mass is 32.2. The smallest absolute Gasteiger partial charge is 0.256 e. The van der Waals surface area contributed by atoms with Crippen LogP contribution >= 0.6 is 0 Å². The predicted octanol–water partition coefficient (Wildman–Crippen LogP) is 1.28. The third-order valence-electron chi connectivity index (χ3n) is 4.83. The van der Waals surface area contributed by atoms with E-state index in [0.29, 0.717) is 35.6 Å². The van der Waals surface area contributed by atoms with Gasteiger partial charge in [0.15, 0.2) is 0 Å². The standard InChI is InChI=1S/C20H18N4O4S/c21-29(27,28)15-8-6-14(7-9-15)20(26)24-11-10-17-16(12-24)19(25)23-18(22-17)13-4-2-1-3-5-13/h1-9H,10-12H2,(H2,21,27,28)(H,22,23,25). The summed E-state index contributed by atoms with van der Waals surface area (Å²) in [6, 6.07) is 14.8. The van der Waals surface area contributed by atoms with Crippen molar-refractivity contribution >= 4 is 15.9 Å². The van der Waals surface area contributed by atoms with Crippen LogP contribution in [0.5, 0.6) is 0 Å². The zero-order valence-electron chi connectivity index (χ0n) is 15.3. The molecule has 1 aromatic heterocycles. The van der Waals surface area contributed by atoms with E-state index in [2.05, 4.69) is 9.97 Å². The van der Waals surface area contributed by atoms with E-state index in [9.17, 15) is 18.0 Å². The lowest BCUT2D eigenvalue weighted by Gasteiger charge is -2.28. The normalized spacial score (nSPS) is 13.8. The molecule has 0 spiro atoms. The molecule has 0 bridgehead atoms. The van der Waals surface area contributed by atoms with E-state index in [4.69, 9.17) is 5.14 Å². The van der Waals surface area contributed by atoms with Crippen LogP contribution in [-0.4, -0.2) is 35.7 Å². The van der Waals surface area contributed by atoms with Gasteiger partial charge in [-0.05, 0) is 24.3 Å². The van der Waals surface area contributed by atoms with Gasteiger partial charge in [-0.1, -0.05) is 30.3 Å². The molecule has 0 saturated carbocycles. The van der Waals surface area contributed by atoms with E-state index in [1.165, 1.54) is 24.3 Å². The number of nitrogens with two attached hydrogens (primary N) is 1.